The molecule has 0 radical (unpaired) electrons. The summed E-state index contributed by atoms with van der Waals surface area (Å²) in [4.78, 5) is 4.33. The summed E-state index contributed by atoms with van der Waals surface area (Å²) < 4.78 is 23.1. The van der Waals surface area contributed by atoms with E-state index in [0.717, 1.165) is 25.3 Å². The lowest BCUT2D eigenvalue weighted by Gasteiger charge is -2.32. The molecule has 0 spiro atoms. The first kappa shape index (κ1) is 19.5. The van der Waals surface area contributed by atoms with Crippen molar-refractivity contribution in [3.8, 4) is 0 Å². The van der Waals surface area contributed by atoms with E-state index in [4.69, 9.17) is 0 Å². The van der Waals surface area contributed by atoms with Gasteiger partial charge in [-0.05, 0) is 43.4 Å². The van der Waals surface area contributed by atoms with E-state index < -0.39 is 9.84 Å². The number of sulfone groups is 1. The fourth-order valence-electron chi connectivity index (χ4n) is 4.31. The number of nitrogens with zero attached hydrogens (tertiary/aromatic N) is 1. The second kappa shape index (κ2) is 7.63. The zero-order valence-corrected chi connectivity index (χ0v) is 16.6. The monoisotopic (exact) mass is 357 g/mol. The van der Waals surface area contributed by atoms with Crippen LogP contribution < -0.4 is 10.6 Å². The quantitative estimate of drug-likeness (QED) is 0.517. The number of hydrogen-bond donors (Lipinski definition) is 2. The van der Waals surface area contributed by atoms with Gasteiger partial charge in [0.25, 0.3) is 0 Å². The number of hydrogen-bond acceptors (Lipinski definition) is 3. The van der Waals surface area contributed by atoms with Gasteiger partial charge in [0.05, 0.1) is 5.75 Å². The number of aliphatic imine (C=N–C) groups is 1. The van der Waals surface area contributed by atoms with Crippen LogP contribution in [0.25, 0.3) is 0 Å². The maximum atomic E-state index is 11.6. The summed E-state index contributed by atoms with van der Waals surface area (Å²) in [6.07, 6.45) is 9.82. The highest BCUT2D eigenvalue weighted by Gasteiger charge is 2.45. The summed E-state index contributed by atoms with van der Waals surface area (Å²) in [6.45, 7) is 6.26. The molecule has 0 aromatic rings. The molecule has 6 heteroatoms. The molecule has 2 rings (SSSR count). The Bertz CT molecular complexity index is 545. The van der Waals surface area contributed by atoms with E-state index in [-0.39, 0.29) is 11.2 Å². The van der Waals surface area contributed by atoms with Crippen LogP contribution in [0, 0.1) is 16.7 Å². The topological polar surface area (TPSA) is 70.6 Å². The first-order valence-corrected chi connectivity index (χ1v) is 11.4. The van der Waals surface area contributed by atoms with Gasteiger partial charge in [-0.25, -0.2) is 8.42 Å². The zero-order valence-electron chi connectivity index (χ0n) is 15.8. The maximum Gasteiger partial charge on any atom is 0.191 e. The van der Waals surface area contributed by atoms with Crippen LogP contribution in [0.5, 0.6) is 0 Å². The normalized spacial score (nSPS) is 22.6. The Hall–Kier alpha value is -0.780. The molecular weight excluding hydrogens is 322 g/mol. The highest BCUT2D eigenvalue weighted by molar-refractivity contribution is 7.90. The Labute approximate surface area is 148 Å². The summed E-state index contributed by atoms with van der Waals surface area (Å²) in [6, 6.07) is 0. The van der Waals surface area contributed by atoms with Crippen LogP contribution in [0.4, 0.5) is 0 Å². The van der Waals surface area contributed by atoms with Gasteiger partial charge in [-0.2, -0.15) is 0 Å². The molecule has 2 aliphatic carbocycles. The lowest BCUT2D eigenvalue weighted by Crippen LogP contribution is -2.45. The minimum atomic E-state index is -2.92. The molecular formula is C18H35N3O2S. The Morgan fingerprint density at radius 3 is 2.00 bits per heavy atom. The minimum absolute atomic E-state index is 0.0752. The van der Waals surface area contributed by atoms with Crippen molar-refractivity contribution >= 4 is 15.8 Å². The molecule has 0 heterocycles. The van der Waals surface area contributed by atoms with Crippen LogP contribution in [-0.4, -0.2) is 46.5 Å². The summed E-state index contributed by atoms with van der Waals surface area (Å²) >= 11 is 0. The van der Waals surface area contributed by atoms with E-state index >= 15 is 0 Å². The first-order valence-electron chi connectivity index (χ1n) is 9.30. The average Bonchev–Trinajstić information content (AvgIpc) is 3.05. The third kappa shape index (κ3) is 5.94. The van der Waals surface area contributed by atoms with Crippen molar-refractivity contribution in [3.63, 3.8) is 0 Å². The highest BCUT2D eigenvalue weighted by Crippen LogP contribution is 2.46. The van der Waals surface area contributed by atoms with Gasteiger partial charge in [-0.1, -0.05) is 26.7 Å². The van der Waals surface area contributed by atoms with Gasteiger partial charge in [-0.3, -0.25) is 4.99 Å². The molecule has 0 aliphatic heterocycles. The van der Waals surface area contributed by atoms with Crippen molar-refractivity contribution in [2.45, 2.75) is 58.8 Å². The van der Waals surface area contributed by atoms with Gasteiger partial charge in [0.1, 0.15) is 9.84 Å². The molecule has 0 aromatic heterocycles. The van der Waals surface area contributed by atoms with Gasteiger partial charge in [0, 0.05) is 31.8 Å². The number of rotatable bonds is 8. The van der Waals surface area contributed by atoms with E-state index in [9.17, 15) is 8.42 Å². The van der Waals surface area contributed by atoms with Crippen LogP contribution in [0.2, 0.25) is 0 Å². The van der Waals surface area contributed by atoms with Gasteiger partial charge in [0.15, 0.2) is 5.96 Å². The van der Waals surface area contributed by atoms with E-state index in [0.29, 0.717) is 17.9 Å². The van der Waals surface area contributed by atoms with Gasteiger partial charge >= 0.3 is 0 Å². The smallest absolute Gasteiger partial charge is 0.191 e. The van der Waals surface area contributed by atoms with Crippen LogP contribution >= 0.6 is 0 Å². The van der Waals surface area contributed by atoms with E-state index in [1.807, 2.05) is 0 Å². The Morgan fingerprint density at radius 2 is 1.58 bits per heavy atom. The molecule has 0 aromatic carbocycles. The Balaban J connectivity index is 1.84. The molecule has 2 aliphatic rings. The maximum absolute atomic E-state index is 11.6. The van der Waals surface area contributed by atoms with E-state index in [2.05, 4.69) is 29.5 Å². The van der Waals surface area contributed by atoms with Crippen molar-refractivity contribution in [1.82, 2.24) is 10.6 Å². The molecule has 0 atom stereocenters. The lowest BCUT2D eigenvalue weighted by molar-refractivity contribution is 0.234. The fourth-order valence-corrected chi connectivity index (χ4v) is 5.82. The second-order valence-electron chi connectivity index (χ2n) is 8.65. The van der Waals surface area contributed by atoms with Crippen molar-refractivity contribution in [2.75, 3.05) is 32.1 Å². The molecule has 0 bridgehead atoms. The van der Waals surface area contributed by atoms with Gasteiger partial charge in [-0.15, -0.1) is 0 Å². The average molecular weight is 358 g/mol. The molecule has 0 amide bonds. The standard InChI is InChI=1S/C18H35N3O2S/c1-15(2)11-17(7-5-6-8-17)12-20-16(19-3)21-13-18(9-10-18)14-24(4,22)23/h15H,5-14H2,1-4H3,(H2,19,20,21). The lowest BCUT2D eigenvalue weighted by atomic mass is 9.78. The Kier molecular flexibility index (Phi) is 6.21. The molecule has 0 saturated heterocycles. The molecule has 2 fully saturated rings. The SMILES string of the molecule is CN=C(NCC1(CC(C)C)CCCC1)NCC1(CS(C)(=O)=O)CC1. The van der Waals surface area contributed by atoms with Crippen LogP contribution in [0.15, 0.2) is 4.99 Å². The predicted molar refractivity (Wildman–Crippen MR) is 101 cm³/mol. The highest BCUT2D eigenvalue weighted by atomic mass is 32.2. The van der Waals surface area contributed by atoms with Crippen LogP contribution in [-0.2, 0) is 9.84 Å². The second-order valence-corrected chi connectivity index (χ2v) is 10.8. The predicted octanol–water partition coefficient (Wildman–Crippen LogP) is 2.58. The molecule has 140 valence electrons. The number of guanidine groups is 1. The van der Waals surface area contributed by atoms with Crippen molar-refractivity contribution in [2.24, 2.45) is 21.7 Å². The van der Waals surface area contributed by atoms with Crippen LogP contribution in [0.3, 0.4) is 0 Å². The fraction of sp³-hybridized carbons (Fsp3) is 0.944. The summed E-state index contributed by atoms with van der Waals surface area (Å²) in [7, 11) is -1.14. The summed E-state index contributed by atoms with van der Waals surface area (Å²) in [5.41, 5.74) is 0.323. The molecule has 24 heavy (non-hydrogen) atoms. The van der Waals surface area contributed by atoms with Gasteiger partial charge in [0.2, 0.25) is 0 Å². The van der Waals surface area contributed by atoms with Crippen molar-refractivity contribution in [3.05, 3.63) is 0 Å². The molecule has 2 N–H and O–H groups in total. The molecule has 0 unspecified atom stereocenters. The van der Waals surface area contributed by atoms with Crippen LogP contribution in [0.1, 0.15) is 58.8 Å². The van der Waals surface area contributed by atoms with Crippen molar-refractivity contribution in [1.29, 1.82) is 0 Å². The third-order valence-corrected chi connectivity index (χ3v) is 6.65. The van der Waals surface area contributed by atoms with Crippen molar-refractivity contribution < 1.29 is 8.42 Å². The van der Waals surface area contributed by atoms with E-state index in [1.165, 1.54) is 38.4 Å². The molecule has 5 nitrogen and oxygen atoms in total. The third-order valence-electron chi connectivity index (χ3n) is 5.52. The van der Waals surface area contributed by atoms with Gasteiger partial charge < -0.3 is 10.6 Å². The molecule has 2 saturated carbocycles. The Morgan fingerprint density at radius 1 is 1.04 bits per heavy atom. The van der Waals surface area contributed by atoms with E-state index in [1.54, 1.807) is 7.05 Å². The summed E-state index contributed by atoms with van der Waals surface area (Å²) in [5.74, 6) is 1.80. The largest absolute Gasteiger partial charge is 0.356 e. The summed E-state index contributed by atoms with van der Waals surface area (Å²) in [5, 5.41) is 6.87. The number of nitrogens with one attached hydrogen (secondary N) is 2. The zero-order chi connectivity index (χ0) is 17.8. The first-order chi connectivity index (χ1) is 11.2. The minimum Gasteiger partial charge on any atom is -0.356 e.